The SMILES string of the molecule is Cn1cnc([N+](=O)[O-])c1-n1cc([N+](=O)[O-])c(C(=O)O)n1. The lowest BCUT2D eigenvalue weighted by Crippen LogP contribution is -2.07. The minimum atomic E-state index is -1.61. The van der Waals surface area contributed by atoms with Gasteiger partial charge in [-0.15, -0.1) is 0 Å². The van der Waals surface area contributed by atoms with E-state index in [4.69, 9.17) is 5.11 Å². The van der Waals surface area contributed by atoms with Crippen LogP contribution in [-0.4, -0.2) is 40.3 Å². The third-order valence-electron chi connectivity index (χ3n) is 2.37. The number of aromatic nitrogens is 4. The minimum Gasteiger partial charge on any atom is -0.476 e. The average molecular weight is 282 g/mol. The van der Waals surface area contributed by atoms with Crippen LogP contribution < -0.4 is 0 Å². The molecule has 0 saturated carbocycles. The quantitative estimate of drug-likeness (QED) is 0.611. The van der Waals surface area contributed by atoms with Gasteiger partial charge in [0, 0.05) is 7.05 Å². The summed E-state index contributed by atoms with van der Waals surface area (Å²) in [6.07, 6.45) is 1.90. The Kier molecular flexibility index (Phi) is 2.90. The summed E-state index contributed by atoms with van der Waals surface area (Å²) in [4.78, 5) is 34.2. The van der Waals surface area contributed by atoms with Crippen molar-refractivity contribution in [2.45, 2.75) is 0 Å². The van der Waals surface area contributed by atoms with Crippen molar-refractivity contribution in [2.24, 2.45) is 7.05 Å². The molecule has 0 saturated heterocycles. The molecule has 0 aliphatic carbocycles. The van der Waals surface area contributed by atoms with Gasteiger partial charge >= 0.3 is 17.5 Å². The number of rotatable bonds is 4. The second kappa shape index (κ2) is 4.42. The molecule has 2 rings (SSSR count). The van der Waals surface area contributed by atoms with Gasteiger partial charge in [-0.05, 0) is 9.91 Å². The monoisotopic (exact) mass is 282 g/mol. The fraction of sp³-hybridized carbons (Fsp3) is 0.125. The highest BCUT2D eigenvalue weighted by molar-refractivity contribution is 5.90. The van der Waals surface area contributed by atoms with E-state index in [2.05, 4.69) is 10.1 Å². The Balaban J connectivity index is 2.68. The summed E-state index contributed by atoms with van der Waals surface area (Å²) in [5, 5.41) is 33.9. The number of carboxylic acids is 1. The van der Waals surface area contributed by atoms with Crippen LogP contribution in [0.5, 0.6) is 0 Å². The number of hydrogen-bond donors (Lipinski definition) is 1. The van der Waals surface area contributed by atoms with E-state index in [1.54, 1.807) is 0 Å². The summed E-state index contributed by atoms with van der Waals surface area (Å²) in [6, 6.07) is 0. The lowest BCUT2D eigenvalue weighted by molar-refractivity contribution is -0.389. The van der Waals surface area contributed by atoms with Gasteiger partial charge in [0.1, 0.15) is 6.20 Å². The van der Waals surface area contributed by atoms with Gasteiger partial charge in [-0.2, -0.15) is 5.10 Å². The van der Waals surface area contributed by atoms with Gasteiger partial charge in [0.2, 0.25) is 17.8 Å². The second-order valence-corrected chi connectivity index (χ2v) is 3.63. The van der Waals surface area contributed by atoms with Crippen LogP contribution in [0.4, 0.5) is 11.5 Å². The first-order valence-corrected chi connectivity index (χ1v) is 4.96. The Morgan fingerprint density at radius 3 is 2.45 bits per heavy atom. The highest BCUT2D eigenvalue weighted by atomic mass is 16.6. The smallest absolute Gasteiger partial charge is 0.408 e. The number of nitrogens with zero attached hydrogens (tertiary/aromatic N) is 6. The Hall–Kier alpha value is -3.31. The molecule has 0 bridgehead atoms. The molecule has 12 heteroatoms. The van der Waals surface area contributed by atoms with E-state index in [9.17, 15) is 25.0 Å². The Labute approximate surface area is 109 Å². The van der Waals surface area contributed by atoms with E-state index in [0.717, 1.165) is 17.2 Å². The average Bonchev–Trinajstić information content (AvgIpc) is 2.91. The zero-order chi connectivity index (χ0) is 15.0. The lowest BCUT2D eigenvalue weighted by Gasteiger charge is -1.99. The van der Waals surface area contributed by atoms with E-state index in [1.165, 1.54) is 11.6 Å². The molecule has 0 amide bonds. The van der Waals surface area contributed by atoms with Crippen molar-refractivity contribution in [1.29, 1.82) is 0 Å². The molecular weight excluding hydrogens is 276 g/mol. The third-order valence-corrected chi connectivity index (χ3v) is 2.37. The van der Waals surface area contributed by atoms with Crippen LogP contribution >= 0.6 is 0 Å². The number of aryl methyl sites for hydroxylation is 1. The summed E-state index contributed by atoms with van der Waals surface area (Å²) < 4.78 is 1.94. The molecule has 0 aliphatic heterocycles. The van der Waals surface area contributed by atoms with Crippen molar-refractivity contribution >= 4 is 17.5 Å². The molecule has 0 atom stereocenters. The number of aromatic carboxylic acids is 1. The van der Waals surface area contributed by atoms with Crippen LogP contribution in [0.2, 0.25) is 0 Å². The molecule has 2 aromatic heterocycles. The fourth-order valence-corrected chi connectivity index (χ4v) is 1.56. The number of carboxylic acid groups (broad SMARTS) is 1. The summed E-state index contributed by atoms with van der Waals surface area (Å²) in [7, 11) is 1.41. The van der Waals surface area contributed by atoms with Gasteiger partial charge in [0.25, 0.3) is 0 Å². The van der Waals surface area contributed by atoms with Crippen LogP contribution in [-0.2, 0) is 7.05 Å². The van der Waals surface area contributed by atoms with Crippen molar-refractivity contribution in [1.82, 2.24) is 19.3 Å². The van der Waals surface area contributed by atoms with E-state index in [-0.39, 0.29) is 5.82 Å². The summed E-state index contributed by atoms with van der Waals surface area (Å²) in [5.41, 5.74) is -1.58. The van der Waals surface area contributed by atoms with Crippen LogP contribution in [0.25, 0.3) is 5.82 Å². The fourth-order valence-electron chi connectivity index (χ4n) is 1.56. The van der Waals surface area contributed by atoms with Gasteiger partial charge in [-0.3, -0.25) is 14.7 Å². The number of nitro groups is 2. The predicted octanol–water partition coefficient (Wildman–Crippen LogP) is 0.120. The minimum absolute atomic E-state index is 0.189. The van der Waals surface area contributed by atoms with E-state index < -0.39 is 33.0 Å². The molecule has 0 aromatic carbocycles. The normalized spacial score (nSPS) is 10.4. The maximum Gasteiger partial charge on any atom is 0.408 e. The molecule has 1 N–H and O–H groups in total. The summed E-state index contributed by atoms with van der Waals surface area (Å²) in [6.45, 7) is 0. The highest BCUT2D eigenvalue weighted by Gasteiger charge is 2.30. The molecule has 104 valence electrons. The molecule has 0 aliphatic rings. The summed E-state index contributed by atoms with van der Waals surface area (Å²) in [5.74, 6) is -2.40. The van der Waals surface area contributed by atoms with Crippen molar-refractivity contribution in [2.75, 3.05) is 0 Å². The molecule has 2 heterocycles. The zero-order valence-corrected chi connectivity index (χ0v) is 9.83. The van der Waals surface area contributed by atoms with Crippen LogP contribution in [0, 0.1) is 20.2 Å². The van der Waals surface area contributed by atoms with Gasteiger partial charge in [0.05, 0.1) is 4.92 Å². The molecular formula is C8H6N6O6. The van der Waals surface area contributed by atoms with Crippen LogP contribution in [0.1, 0.15) is 10.5 Å². The molecule has 0 spiro atoms. The van der Waals surface area contributed by atoms with Crippen LogP contribution in [0.15, 0.2) is 12.5 Å². The first-order chi connectivity index (χ1) is 9.32. The van der Waals surface area contributed by atoms with Crippen molar-refractivity contribution in [3.05, 3.63) is 38.4 Å². The second-order valence-electron chi connectivity index (χ2n) is 3.63. The molecule has 12 nitrogen and oxygen atoms in total. The maximum atomic E-state index is 10.9. The zero-order valence-electron chi connectivity index (χ0n) is 9.83. The molecule has 0 fully saturated rings. The number of carbonyl (C=O) groups is 1. The first-order valence-electron chi connectivity index (χ1n) is 4.96. The highest BCUT2D eigenvalue weighted by Crippen LogP contribution is 2.24. The molecule has 0 unspecified atom stereocenters. The van der Waals surface area contributed by atoms with Gasteiger partial charge in [0.15, 0.2) is 0 Å². The van der Waals surface area contributed by atoms with E-state index >= 15 is 0 Å². The van der Waals surface area contributed by atoms with Gasteiger partial charge in [-0.25, -0.2) is 9.48 Å². The first kappa shape index (κ1) is 13.1. The van der Waals surface area contributed by atoms with Crippen molar-refractivity contribution < 1.29 is 19.7 Å². The maximum absolute atomic E-state index is 10.9. The topological polar surface area (TPSA) is 159 Å². The lowest BCUT2D eigenvalue weighted by atomic mass is 10.4. The standard InChI is InChI=1S/C8H6N6O6/c1-11-3-9-6(14(19)20)7(11)12-2-4(13(17)18)5(10-12)8(15)16/h2-3H,1H3,(H,15,16). The Morgan fingerprint density at radius 2 is 2.00 bits per heavy atom. The van der Waals surface area contributed by atoms with Gasteiger partial charge in [-0.1, -0.05) is 0 Å². The molecule has 20 heavy (non-hydrogen) atoms. The van der Waals surface area contributed by atoms with Crippen molar-refractivity contribution in [3.63, 3.8) is 0 Å². The number of hydrogen-bond acceptors (Lipinski definition) is 7. The molecule has 2 aromatic rings. The number of imidazole rings is 1. The Bertz CT molecular complexity index is 698. The van der Waals surface area contributed by atoms with Gasteiger partial charge < -0.3 is 15.2 Å². The largest absolute Gasteiger partial charge is 0.476 e. The predicted molar refractivity (Wildman–Crippen MR) is 60.6 cm³/mol. The Morgan fingerprint density at radius 1 is 1.35 bits per heavy atom. The van der Waals surface area contributed by atoms with Crippen LogP contribution in [0.3, 0.4) is 0 Å². The third kappa shape index (κ3) is 1.94. The van der Waals surface area contributed by atoms with E-state index in [0.29, 0.717) is 0 Å². The van der Waals surface area contributed by atoms with E-state index in [1.807, 2.05) is 0 Å². The van der Waals surface area contributed by atoms with Crippen molar-refractivity contribution in [3.8, 4) is 5.82 Å². The molecule has 0 radical (unpaired) electrons. The summed E-state index contributed by atoms with van der Waals surface area (Å²) >= 11 is 0.